The van der Waals surface area contributed by atoms with Gasteiger partial charge in [-0.25, -0.2) is 0 Å². The molecule has 1 unspecified atom stereocenters. The summed E-state index contributed by atoms with van der Waals surface area (Å²) in [6, 6.07) is 18.1. The van der Waals surface area contributed by atoms with Gasteiger partial charge in [-0.15, -0.1) is 0 Å². The summed E-state index contributed by atoms with van der Waals surface area (Å²) in [5.41, 5.74) is 4.37. The molecule has 2 nitrogen and oxygen atoms in total. The number of ether oxygens (including phenoxy) is 1. The monoisotopic (exact) mass is 250 g/mol. The highest BCUT2D eigenvalue weighted by atomic mass is 16.5. The molecule has 0 N–H and O–H groups in total. The third-order valence-corrected chi connectivity index (χ3v) is 3.46. The Morgan fingerprint density at radius 3 is 2.42 bits per heavy atom. The molecule has 1 aliphatic rings. The van der Waals surface area contributed by atoms with Crippen LogP contribution in [0.5, 0.6) is 0 Å². The van der Waals surface area contributed by atoms with Gasteiger partial charge in [-0.3, -0.25) is 4.79 Å². The molecule has 0 saturated carbocycles. The fraction of sp³-hybridized carbons (Fsp3) is 0.118. The highest BCUT2D eigenvalue weighted by Gasteiger charge is 2.29. The number of benzene rings is 2. The first kappa shape index (κ1) is 11.7. The van der Waals surface area contributed by atoms with Crippen molar-refractivity contribution in [3.8, 4) is 0 Å². The Morgan fingerprint density at radius 2 is 1.68 bits per heavy atom. The molecule has 19 heavy (non-hydrogen) atoms. The first-order valence-electron chi connectivity index (χ1n) is 6.25. The van der Waals surface area contributed by atoms with Gasteiger partial charge in [-0.1, -0.05) is 60.7 Å². The summed E-state index contributed by atoms with van der Waals surface area (Å²) in [7, 11) is 1.43. The minimum absolute atomic E-state index is 0.210. The molecule has 2 aromatic carbocycles. The smallest absolute Gasteiger partial charge is 0.317 e. The lowest BCUT2D eigenvalue weighted by molar-refractivity contribution is -0.141. The van der Waals surface area contributed by atoms with Crippen molar-refractivity contribution in [2.45, 2.75) is 5.92 Å². The summed E-state index contributed by atoms with van der Waals surface area (Å²) in [5, 5.41) is 0. The van der Waals surface area contributed by atoms with Crippen molar-refractivity contribution in [1.82, 2.24) is 0 Å². The van der Waals surface area contributed by atoms with E-state index in [4.69, 9.17) is 4.74 Å². The first-order chi connectivity index (χ1) is 9.31. The molecule has 0 radical (unpaired) electrons. The minimum Gasteiger partial charge on any atom is -0.468 e. The average molecular weight is 250 g/mol. The molecular weight excluding hydrogens is 236 g/mol. The lowest BCUT2D eigenvalue weighted by atomic mass is 9.98. The number of carbonyl (C=O) groups is 1. The molecule has 0 bridgehead atoms. The SMILES string of the molecule is COC(=O)C1C=C(c2ccccc2)c2ccccc21. The maximum absolute atomic E-state index is 11.9. The summed E-state index contributed by atoms with van der Waals surface area (Å²) in [4.78, 5) is 11.9. The lowest BCUT2D eigenvalue weighted by Crippen LogP contribution is -2.10. The first-order valence-corrected chi connectivity index (χ1v) is 6.25. The molecule has 0 aromatic heterocycles. The predicted molar refractivity (Wildman–Crippen MR) is 74.7 cm³/mol. The Kier molecular flexibility index (Phi) is 2.92. The Hall–Kier alpha value is -2.35. The fourth-order valence-corrected chi connectivity index (χ4v) is 2.55. The van der Waals surface area contributed by atoms with Gasteiger partial charge in [0, 0.05) is 0 Å². The molecule has 2 aromatic rings. The summed E-state index contributed by atoms with van der Waals surface area (Å²) in [5.74, 6) is -0.505. The van der Waals surface area contributed by atoms with E-state index in [1.165, 1.54) is 7.11 Å². The van der Waals surface area contributed by atoms with E-state index < -0.39 is 0 Å². The van der Waals surface area contributed by atoms with E-state index in [1.54, 1.807) is 0 Å². The largest absolute Gasteiger partial charge is 0.468 e. The van der Waals surface area contributed by atoms with Gasteiger partial charge in [0.2, 0.25) is 0 Å². The van der Waals surface area contributed by atoms with Gasteiger partial charge in [0.1, 0.15) is 5.92 Å². The van der Waals surface area contributed by atoms with Gasteiger partial charge >= 0.3 is 5.97 Å². The second kappa shape index (κ2) is 4.73. The minimum atomic E-state index is -0.295. The highest BCUT2D eigenvalue weighted by molar-refractivity contribution is 5.94. The second-order valence-corrected chi connectivity index (χ2v) is 4.53. The molecule has 0 fully saturated rings. The zero-order valence-electron chi connectivity index (χ0n) is 10.7. The Bertz CT molecular complexity index is 641. The third-order valence-electron chi connectivity index (χ3n) is 3.46. The molecule has 0 spiro atoms. The third kappa shape index (κ3) is 1.95. The Morgan fingerprint density at radius 1 is 1.00 bits per heavy atom. The van der Waals surface area contributed by atoms with Crippen LogP contribution in [-0.2, 0) is 9.53 Å². The van der Waals surface area contributed by atoms with Crippen molar-refractivity contribution in [1.29, 1.82) is 0 Å². The number of carbonyl (C=O) groups excluding carboxylic acids is 1. The van der Waals surface area contributed by atoms with Gasteiger partial charge in [0.05, 0.1) is 7.11 Å². The standard InChI is InChI=1S/C17H14O2/c1-19-17(18)16-11-15(12-7-3-2-4-8-12)13-9-5-6-10-14(13)16/h2-11,16H,1H3. The molecule has 0 heterocycles. The molecule has 0 amide bonds. The number of hydrogen-bond donors (Lipinski definition) is 0. The van der Waals surface area contributed by atoms with Crippen LogP contribution in [0.15, 0.2) is 60.7 Å². The molecule has 1 atom stereocenters. The molecule has 0 saturated heterocycles. The molecular formula is C17H14O2. The van der Waals surface area contributed by atoms with Crippen molar-refractivity contribution in [3.63, 3.8) is 0 Å². The van der Waals surface area contributed by atoms with Crippen LogP contribution in [-0.4, -0.2) is 13.1 Å². The van der Waals surface area contributed by atoms with Crippen molar-refractivity contribution in [2.24, 2.45) is 0 Å². The number of rotatable bonds is 2. The van der Waals surface area contributed by atoms with Gasteiger partial charge < -0.3 is 4.74 Å². The van der Waals surface area contributed by atoms with Gasteiger partial charge in [0.15, 0.2) is 0 Å². The maximum Gasteiger partial charge on any atom is 0.317 e. The van der Waals surface area contributed by atoms with Crippen LogP contribution in [0.1, 0.15) is 22.6 Å². The van der Waals surface area contributed by atoms with E-state index in [0.717, 1.165) is 22.3 Å². The number of methoxy groups -OCH3 is 1. The molecule has 1 aliphatic carbocycles. The lowest BCUT2D eigenvalue weighted by Gasteiger charge is -2.08. The number of esters is 1. The van der Waals surface area contributed by atoms with E-state index in [9.17, 15) is 4.79 Å². The molecule has 94 valence electrons. The van der Waals surface area contributed by atoms with Crippen LogP contribution in [0.3, 0.4) is 0 Å². The van der Waals surface area contributed by atoms with E-state index in [2.05, 4.69) is 18.2 Å². The van der Waals surface area contributed by atoms with E-state index >= 15 is 0 Å². The van der Waals surface area contributed by atoms with E-state index in [0.29, 0.717) is 0 Å². The summed E-state index contributed by atoms with van der Waals surface area (Å²) >= 11 is 0. The number of hydrogen-bond acceptors (Lipinski definition) is 2. The van der Waals surface area contributed by atoms with Gasteiger partial charge in [0.25, 0.3) is 0 Å². The summed E-state index contributed by atoms with van der Waals surface area (Å²) < 4.78 is 4.89. The predicted octanol–water partition coefficient (Wildman–Crippen LogP) is 3.39. The highest BCUT2D eigenvalue weighted by Crippen LogP contribution is 2.39. The molecule has 2 heteroatoms. The zero-order chi connectivity index (χ0) is 13.2. The van der Waals surface area contributed by atoms with Crippen molar-refractivity contribution in [2.75, 3.05) is 7.11 Å². The average Bonchev–Trinajstić information content (AvgIpc) is 2.87. The van der Waals surface area contributed by atoms with Crippen molar-refractivity contribution >= 4 is 11.5 Å². The van der Waals surface area contributed by atoms with Crippen molar-refractivity contribution in [3.05, 3.63) is 77.4 Å². The quantitative estimate of drug-likeness (QED) is 0.764. The van der Waals surface area contributed by atoms with E-state index in [-0.39, 0.29) is 11.9 Å². The summed E-state index contributed by atoms with van der Waals surface area (Å²) in [6.07, 6.45) is 1.99. The van der Waals surface area contributed by atoms with Crippen LogP contribution < -0.4 is 0 Å². The number of fused-ring (bicyclic) bond motifs is 1. The Labute approximate surface area is 112 Å². The van der Waals surface area contributed by atoms with Crippen LogP contribution in [0.4, 0.5) is 0 Å². The zero-order valence-corrected chi connectivity index (χ0v) is 10.7. The van der Waals surface area contributed by atoms with Crippen LogP contribution in [0.25, 0.3) is 5.57 Å². The molecule has 3 rings (SSSR count). The fourth-order valence-electron chi connectivity index (χ4n) is 2.55. The molecule has 0 aliphatic heterocycles. The van der Waals surface area contributed by atoms with Crippen LogP contribution >= 0.6 is 0 Å². The van der Waals surface area contributed by atoms with Gasteiger partial charge in [-0.2, -0.15) is 0 Å². The van der Waals surface area contributed by atoms with Crippen molar-refractivity contribution < 1.29 is 9.53 Å². The van der Waals surface area contributed by atoms with Crippen LogP contribution in [0, 0.1) is 0 Å². The maximum atomic E-state index is 11.9. The Balaban J connectivity index is 2.13. The van der Waals surface area contributed by atoms with Crippen LogP contribution in [0.2, 0.25) is 0 Å². The topological polar surface area (TPSA) is 26.3 Å². The van der Waals surface area contributed by atoms with E-state index in [1.807, 2.05) is 42.5 Å². The summed E-state index contributed by atoms with van der Waals surface area (Å²) in [6.45, 7) is 0. The van der Waals surface area contributed by atoms with Gasteiger partial charge in [-0.05, 0) is 22.3 Å². The second-order valence-electron chi connectivity index (χ2n) is 4.53. The normalized spacial score (nSPS) is 16.7.